The fourth-order valence-corrected chi connectivity index (χ4v) is 7.47. The zero-order valence-corrected chi connectivity index (χ0v) is 13.1. The van der Waals surface area contributed by atoms with E-state index in [0.29, 0.717) is 0 Å². The van der Waals surface area contributed by atoms with Crippen LogP contribution in [0, 0.1) is 17.8 Å². The van der Waals surface area contributed by atoms with Crippen LogP contribution in [-0.2, 0) is 4.43 Å². The zero-order chi connectivity index (χ0) is 12.4. The molecule has 0 aromatic rings. The van der Waals surface area contributed by atoms with Crippen LogP contribution in [0.25, 0.3) is 0 Å². The Morgan fingerprint density at radius 1 is 0.722 bits per heavy atom. The lowest BCUT2D eigenvalue weighted by molar-refractivity contribution is 0.379. The molecule has 0 aromatic carbocycles. The Bertz CT molecular complexity index is 225. The minimum absolute atomic E-state index is 1.09. The molecule has 0 aromatic heterocycles. The standard InChI is InChI=1S/C16H30OSi/c1-17-18(11-8-14-2-3-14,12-9-15-4-5-15)13-10-16-6-7-16/h14-16H,2-13H2,1H3. The predicted octanol–water partition coefficient (Wildman–Crippen LogP) is 4.98. The largest absolute Gasteiger partial charge is 0.420 e. The van der Waals surface area contributed by atoms with Crippen molar-refractivity contribution in [2.24, 2.45) is 17.8 Å². The molecule has 3 rings (SSSR count). The average molecular weight is 267 g/mol. The second-order valence-electron chi connectivity index (χ2n) is 7.33. The van der Waals surface area contributed by atoms with Gasteiger partial charge in [0.05, 0.1) is 0 Å². The van der Waals surface area contributed by atoms with Crippen LogP contribution in [0.3, 0.4) is 0 Å². The number of hydrogen-bond donors (Lipinski definition) is 0. The highest BCUT2D eigenvalue weighted by Crippen LogP contribution is 2.43. The SMILES string of the molecule is CO[Si](CCC1CC1)(CCC1CC1)CCC1CC1. The van der Waals surface area contributed by atoms with E-state index in [2.05, 4.69) is 0 Å². The molecular formula is C16H30OSi. The second kappa shape index (κ2) is 5.66. The van der Waals surface area contributed by atoms with E-state index < -0.39 is 8.32 Å². The summed E-state index contributed by atoms with van der Waals surface area (Å²) in [6, 6.07) is 4.44. The minimum Gasteiger partial charge on any atom is -0.420 e. The molecule has 104 valence electrons. The molecule has 0 unspecified atom stereocenters. The highest BCUT2D eigenvalue weighted by molar-refractivity contribution is 6.73. The number of rotatable bonds is 10. The Hall–Kier alpha value is 0.177. The third kappa shape index (κ3) is 4.09. The lowest BCUT2D eigenvalue weighted by atomic mass is 10.3. The fourth-order valence-electron chi connectivity index (χ4n) is 3.30. The summed E-state index contributed by atoms with van der Waals surface area (Å²) >= 11 is 0. The van der Waals surface area contributed by atoms with Crippen molar-refractivity contribution in [2.75, 3.05) is 7.11 Å². The molecule has 0 atom stereocenters. The maximum Gasteiger partial charge on any atom is 0.192 e. The zero-order valence-electron chi connectivity index (χ0n) is 12.1. The molecular weight excluding hydrogens is 236 g/mol. The first kappa shape index (κ1) is 13.2. The summed E-state index contributed by atoms with van der Waals surface area (Å²) in [5.41, 5.74) is 0. The van der Waals surface area contributed by atoms with Gasteiger partial charge in [-0.05, 0) is 35.9 Å². The average Bonchev–Trinajstić information content (AvgIpc) is 3.26. The van der Waals surface area contributed by atoms with Crippen LogP contribution in [0.15, 0.2) is 0 Å². The molecule has 1 nitrogen and oxygen atoms in total. The van der Waals surface area contributed by atoms with Crippen LogP contribution >= 0.6 is 0 Å². The summed E-state index contributed by atoms with van der Waals surface area (Å²) in [6.07, 6.45) is 13.6. The predicted molar refractivity (Wildman–Crippen MR) is 79.2 cm³/mol. The summed E-state index contributed by atoms with van der Waals surface area (Å²) in [4.78, 5) is 0. The molecule has 3 aliphatic carbocycles. The topological polar surface area (TPSA) is 9.23 Å². The van der Waals surface area contributed by atoms with Crippen LogP contribution in [0.4, 0.5) is 0 Å². The lowest BCUT2D eigenvalue weighted by Gasteiger charge is -2.30. The third-order valence-corrected chi connectivity index (χ3v) is 10.0. The van der Waals surface area contributed by atoms with Crippen LogP contribution in [0.5, 0.6) is 0 Å². The highest BCUT2D eigenvalue weighted by atomic mass is 28.4. The van der Waals surface area contributed by atoms with Gasteiger partial charge >= 0.3 is 0 Å². The molecule has 2 heteroatoms. The van der Waals surface area contributed by atoms with Gasteiger partial charge < -0.3 is 4.43 Å². The van der Waals surface area contributed by atoms with Crippen LogP contribution in [0.1, 0.15) is 57.8 Å². The van der Waals surface area contributed by atoms with Gasteiger partial charge in [-0.15, -0.1) is 0 Å². The van der Waals surface area contributed by atoms with E-state index in [1.54, 1.807) is 0 Å². The molecule has 0 spiro atoms. The number of hydrogen-bond acceptors (Lipinski definition) is 1. The van der Waals surface area contributed by atoms with E-state index in [9.17, 15) is 0 Å². The maximum atomic E-state index is 6.21. The van der Waals surface area contributed by atoms with E-state index in [0.717, 1.165) is 17.8 Å². The Morgan fingerprint density at radius 2 is 1.06 bits per heavy atom. The van der Waals surface area contributed by atoms with Gasteiger partial charge in [0.1, 0.15) is 0 Å². The Labute approximate surface area is 114 Å². The Morgan fingerprint density at radius 3 is 1.28 bits per heavy atom. The smallest absolute Gasteiger partial charge is 0.192 e. The maximum absolute atomic E-state index is 6.21. The van der Waals surface area contributed by atoms with Crippen molar-refractivity contribution in [3.63, 3.8) is 0 Å². The van der Waals surface area contributed by atoms with Crippen molar-refractivity contribution < 1.29 is 4.43 Å². The molecule has 0 amide bonds. The molecule has 3 aliphatic rings. The van der Waals surface area contributed by atoms with Crippen molar-refractivity contribution in [1.29, 1.82) is 0 Å². The van der Waals surface area contributed by atoms with Gasteiger partial charge in [-0.2, -0.15) is 0 Å². The monoisotopic (exact) mass is 266 g/mol. The van der Waals surface area contributed by atoms with E-state index in [1.165, 1.54) is 75.9 Å². The van der Waals surface area contributed by atoms with Gasteiger partial charge in [0.15, 0.2) is 8.32 Å². The van der Waals surface area contributed by atoms with Crippen LogP contribution in [-0.4, -0.2) is 15.4 Å². The summed E-state index contributed by atoms with van der Waals surface area (Å²) < 4.78 is 6.21. The third-order valence-electron chi connectivity index (χ3n) is 5.55. The first-order valence-electron chi connectivity index (χ1n) is 8.35. The molecule has 3 saturated carbocycles. The summed E-state index contributed by atoms with van der Waals surface area (Å²) in [6.45, 7) is 0. The van der Waals surface area contributed by atoms with E-state index in [4.69, 9.17) is 4.43 Å². The van der Waals surface area contributed by atoms with Gasteiger partial charge in [0.25, 0.3) is 0 Å². The summed E-state index contributed by atoms with van der Waals surface area (Å²) in [7, 11) is 0.703. The van der Waals surface area contributed by atoms with Crippen molar-refractivity contribution in [1.82, 2.24) is 0 Å². The molecule has 0 aliphatic heterocycles. The normalized spacial score (nSPS) is 24.5. The van der Waals surface area contributed by atoms with E-state index >= 15 is 0 Å². The molecule has 0 radical (unpaired) electrons. The highest BCUT2D eigenvalue weighted by Gasteiger charge is 2.38. The molecule has 0 heterocycles. The van der Waals surface area contributed by atoms with E-state index in [1.807, 2.05) is 7.11 Å². The van der Waals surface area contributed by atoms with Crippen molar-refractivity contribution in [3.05, 3.63) is 0 Å². The molecule has 18 heavy (non-hydrogen) atoms. The first-order valence-corrected chi connectivity index (χ1v) is 10.9. The van der Waals surface area contributed by atoms with Crippen LogP contribution in [0.2, 0.25) is 18.1 Å². The summed E-state index contributed by atoms with van der Waals surface area (Å²) in [5, 5.41) is 0. The van der Waals surface area contributed by atoms with Gasteiger partial charge in [-0.3, -0.25) is 0 Å². The molecule has 3 fully saturated rings. The van der Waals surface area contributed by atoms with Crippen molar-refractivity contribution >= 4 is 8.32 Å². The van der Waals surface area contributed by atoms with Crippen LogP contribution < -0.4 is 0 Å². The first-order chi connectivity index (χ1) is 8.80. The van der Waals surface area contributed by atoms with Gasteiger partial charge in [0, 0.05) is 7.11 Å². The fraction of sp³-hybridized carbons (Fsp3) is 1.00. The Balaban J connectivity index is 1.49. The minimum atomic E-state index is -1.34. The van der Waals surface area contributed by atoms with Gasteiger partial charge in [0.2, 0.25) is 0 Å². The second-order valence-corrected chi connectivity index (χ2v) is 11.6. The quantitative estimate of drug-likeness (QED) is 0.507. The van der Waals surface area contributed by atoms with Gasteiger partial charge in [-0.25, -0.2) is 0 Å². The molecule has 0 saturated heterocycles. The van der Waals surface area contributed by atoms with E-state index in [-0.39, 0.29) is 0 Å². The van der Waals surface area contributed by atoms with Gasteiger partial charge in [-0.1, -0.05) is 57.8 Å². The van der Waals surface area contributed by atoms with Crippen molar-refractivity contribution in [3.8, 4) is 0 Å². The Kier molecular flexibility index (Phi) is 4.14. The molecule has 0 N–H and O–H groups in total. The lowest BCUT2D eigenvalue weighted by Crippen LogP contribution is -2.37. The molecule has 0 bridgehead atoms. The summed E-state index contributed by atoms with van der Waals surface area (Å²) in [5.74, 6) is 3.27. The van der Waals surface area contributed by atoms with Crippen molar-refractivity contribution in [2.45, 2.75) is 75.9 Å².